The van der Waals surface area contributed by atoms with Gasteiger partial charge in [-0.05, 0) is 35.7 Å². The fourth-order valence-corrected chi connectivity index (χ4v) is 4.68. The molecule has 1 spiro atoms. The minimum Gasteiger partial charge on any atom is -0.365 e. The monoisotopic (exact) mass is 364 g/mol. The third-order valence-electron chi connectivity index (χ3n) is 5.08. The molecule has 1 fully saturated rings. The average Bonchev–Trinajstić information content (AvgIpc) is 3.20. The Bertz CT molecular complexity index is 764. The van der Waals surface area contributed by atoms with Gasteiger partial charge in [-0.3, -0.25) is 4.79 Å². The Labute approximate surface area is 148 Å². The van der Waals surface area contributed by atoms with Crippen molar-refractivity contribution in [2.75, 3.05) is 26.4 Å². The number of piperidine rings is 1. The molecule has 1 amide bonds. The molecule has 0 unspecified atom stereocenters. The van der Waals surface area contributed by atoms with Crippen LogP contribution in [0.15, 0.2) is 39.7 Å². The number of ether oxygens (including phenoxy) is 1. The Balaban J connectivity index is 1.48. The van der Waals surface area contributed by atoms with Gasteiger partial charge in [-0.2, -0.15) is 4.99 Å². The van der Waals surface area contributed by atoms with Crippen LogP contribution in [0.1, 0.15) is 24.0 Å². The summed E-state index contributed by atoms with van der Waals surface area (Å²) < 4.78 is 31.8. The quantitative estimate of drug-likeness (QED) is 0.755. The molecule has 7 heteroatoms. The van der Waals surface area contributed by atoms with E-state index in [0.717, 1.165) is 24.6 Å². The number of halogens is 2. The number of likely N-dealkylation sites (tertiary alicyclic amines) is 1. The van der Waals surface area contributed by atoms with E-state index in [1.54, 1.807) is 0 Å². The van der Waals surface area contributed by atoms with E-state index in [0.29, 0.717) is 24.9 Å². The molecular formula is C18H18F2N2O2S. The second kappa shape index (κ2) is 6.53. The molecule has 132 valence electrons. The van der Waals surface area contributed by atoms with Crippen LogP contribution >= 0.6 is 11.8 Å². The number of amidine groups is 1. The third-order valence-corrected chi connectivity index (χ3v) is 6.28. The van der Waals surface area contributed by atoms with Gasteiger partial charge in [0.25, 0.3) is 5.91 Å². The Morgan fingerprint density at radius 3 is 2.68 bits per heavy atom. The zero-order valence-electron chi connectivity index (χ0n) is 13.6. The number of alkyl halides is 2. The molecule has 1 aromatic carbocycles. The van der Waals surface area contributed by atoms with E-state index >= 15 is 0 Å². The molecule has 3 heterocycles. The number of hydrogen-bond acceptors (Lipinski definition) is 4. The van der Waals surface area contributed by atoms with E-state index in [1.807, 2.05) is 17.0 Å². The van der Waals surface area contributed by atoms with Gasteiger partial charge in [0.15, 0.2) is 5.17 Å². The molecule has 0 aliphatic carbocycles. The Morgan fingerprint density at radius 2 is 1.96 bits per heavy atom. The minimum atomic E-state index is -0.957. The van der Waals surface area contributed by atoms with Crippen LogP contribution in [-0.4, -0.2) is 42.4 Å². The van der Waals surface area contributed by atoms with E-state index in [4.69, 9.17) is 4.74 Å². The summed E-state index contributed by atoms with van der Waals surface area (Å²) in [5.41, 5.74) is 2.11. The molecule has 0 radical (unpaired) electrons. The molecule has 3 aliphatic rings. The predicted octanol–water partition coefficient (Wildman–Crippen LogP) is 3.33. The predicted molar refractivity (Wildman–Crippen MR) is 92.7 cm³/mol. The largest absolute Gasteiger partial charge is 0.365 e. The van der Waals surface area contributed by atoms with Crippen LogP contribution < -0.4 is 0 Å². The van der Waals surface area contributed by atoms with E-state index in [-0.39, 0.29) is 16.1 Å². The van der Waals surface area contributed by atoms with Gasteiger partial charge in [0.05, 0.1) is 17.1 Å². The number of carbonyl (C=O) groups is 1. The summed E-state index contributed by atoms with van der Waals surface area (Å²) in [7, 11) is 0. The number of amides is 1. The Hall–Kier alpha value is -1.73. The summed E-state index contributed by atoms with van der Waals surface area (Å²) in [6.45, 7) is 0.110. The van der Waals surface area contributed by atoms with Gasteiger partial charge in [0.2, 0.25) is 0 Å². The SMILES string of the molecule is O=C1N=C(N2CCC3(CC2)OCc2ccccc23)SC1=C(CF)CF. The number of rotatable bonds is 2. The van der Waals surface area contributed by atoms with Gasteiger partial charge in [-0.15, -0.1) is 0 Å². The molecule has 1 saturated heterocycles. The molecule has 1 aromatic rings. The lowest BCUT2D eigenvalue weighted by molar-refractivity contribution is -0.113. The maximum Gasteiger partial charge on any atom is 0.286 e. The summed E-state index contributed by atoms with van der Waals surface area (Å²) in [6.07, 6.45) is 1.60. The number of thioether (sulfide) groups is 1. The molecule has 0 N–H and O–H groups in total. The fraction of sp³-hybridized carbons (Fsp3) is 0.444. The van der Waals surface area contributed by atoms with Crippen molar-refractivity contribution < 1.29 is 18.3 Å². The number of allylic oxidation sites excluding steroid dienone is 1. The van der Waals surface area contributed by atoms with Gasteiger partial charge in [-0.25, -0.2) is 8.78 Å². The first-order chi connectivity index (χ1) is 12.2. The van der Waals surface area contributed by atoms with Gasteiger partial charge in [0.1, 0.15) is 13.3 Å². The smallest absolute Gasteiger partial charge is 0.286 e. The van der Waals surface area contributed by atoms with Crippen molar-refractivity contribution in [3.63, 3.8) is 0 Å². The van der Waals surface area contributed by atoms with Crippen molar-refractivity contribution in [1.29, 1.82) is 0 Å². The van der Waals surface area contributed by atoms with E-state index < -0.39 is 19.3 Å². The van der Waals surface area contributed by atoms with Crippen LogP contribution in [0.2, 0.25) is 0 Å². The highest BCUT2D eigenvalue weighted by Crippen LogP contribution is 2.45. The Kier molecular flexibility index (Phi) is 4.37. The first-order valence-electron chi connectivity index (χ1n) is 8.29. The Morgan fingerprint density at radius 1 is 1.24 bits per heavy atom. The van der Waals surface area contributed by atoms with Gasteiger partial charge in [-0.1, -0.05) is 24.3 Å². The highest BCUT2D eigenvalue weighted by Gasteiger charge is 2.43. The molecule has 3 aliphatic heterocycles. The van der Waals surface area contributed by atoms with Crippen molar-refractivity contribution in [3.8, 4) is 0 Å². The van der Waals surface area contributed by atoms with E-state index in [2.05, 4.69) is 17.1 Å². The molecule has 0 bridgehead atoms. The number of benzene rings is 1. The number of aliphatic imine (C=N–C) groups is 1. The van der Waals surface area contributed by atoms with Crippen LogP contribution in [-0.2, 0) is 21.7 Å². The summed E-state index contributed by atoms with van der Waals surface area (Å²) in [5.74, 6) is -0.534. The number of carbonyl (C=O) groups excluding carboxylic acids is 1. The molecule has 0 atom stereocenters. The summed E-state index contributed by atoms with van der Waals surface area (Å²) >= 11 is 1.08. The van der Waals surface area contributed by atoms with Crippen LogP contribution in [0.5, 0.6) is 0 Å². The van der Waals surface area contributed by atoms with Crippen molar-refractivity contribution in [1.82, 2.24) is 4.90 Å². The van der Waals surface area contributed by atoms with Crippen molar-refractivity contribution >= 4 is 22.8 Å². The van der Waals surface area contributed by atoms with Crippen LogP contribution in [0.4, 0.5) is 8.78 Å². The molecule has 25 heavy (non-hydrogen) atoms. The topological polar surface area (TPSA) is 41.9 Å². The lowest BCUT2D eigenvalue weighted by atomic mass is 9.84. The van der Waals surface area contributed by atoms with Crippen LogP contribution in [0, 0.1) is 0 Å². The van der Waals surface area contributed by atoms with Crippen molar-refractivity contribution in [3.05, 3.63) is 45.9 Å². The molecule has 0 saturated carbocycles. The minimum absolute atomic E-state index is 0.0998. The zero-order chi connectivity index (χ0) is 17.4. The van der Waals surface area contributed by atoms with Crippen LogP contribution in [0.3, 0.4) is 0 Å². The maximum absolute atomic E-state index is 12.8. The normalized spacial score (nSPS) is 21.7. The van der Waals surface area contributed by atoms with Crippen molar-refractivity contribution in [2.24, 2.45) is 4.99 Å². The maximum atomic E-state index is 12.8. The average molecular weight is 364 g/mol. The second-order valence-corrected chi connectivity index (χ2v) is 7.41. The highest BCUT2D eigenvalue weighted by atomic mass is 32.2. The number of nitrogens with zero attached hydrogens (tertiary/aromatic N) is 2. The summed E-state index contributed by atoms with van der Waals surface area (Å²) in [4.78, 5) is 18.1. The van der Waals surface area contributed by atoms with Gasteiger partial charge < -0.3 is 9.64 Å². The summed E-state index contributed by atoms with van der Waals surface area (Å²) in [6, 6.07) is 8.27. The zero-order valence-corrected chi connectivity index (χ0v) is 14.5. The first kappa shape index (κ1) is 16.7. The van der Waals surface area contributed by atoms with Crippen LogP contribution in [0.25, 0.3) is 0 Å². The molecule has 4 rings (SSSR count). The lowest BCUT2D eigenvalue weighted by Gasteiger charge is -2.39. The third kappa shape index (κ3) is 2.79. The molecule has 4 nitrogen and oxygen atoms in total. The second-order valence-electron chi connectivity index (χ2n) is 6.43. The van der Waals surface area contributed by atoms with E-state index in [9.17, 15) is 13.6 Å². The number of hydrogen-bond donors (Lipinski definition) is 0. The van der Waals surface area contributed by atoms with Gasteiger partial charge in [0, 0.05) is 18.7 Å². The fourth-order valence-electron chi connectivity index (χ4n) is 3.67. The van der Waals surface area contributed by atoms with Gasteiger partial charge >= 0.3 is 0 Å². The lowest BCUT2D eigenvalue weighted by Crippen LogP contribution is -2.44. The first-order valence-corrected chi connectivity index (χ1v) is 9.10. The molecule has 0 aromatic heterocycles. The van der Waals surface area contributed by atoms with E-state index in [1.165, 1.54) is 11.1 Å². The summed E-state index contributed by atoms with van der Waals surface area (Å²) in [5, 5.41) is 0.542. The number of fused-ring (bicyclic) bond motifs is 2. The van der Waals surface area contributed by atoms with Crippen molar-refractivity contribution in [2.45, 2.75) is 25.0 Å². The standard InChI is InChI=1S/C18H18F2N2O2S/c19-9-13(10-20)15-16(23)21-17(25-15)22-7-5-18(6-8-22)14-4-2-1-3-12(14)11-24-18/h1-4H,5-11H2. The highest BCUT2D eigenvalue weighted by molar-refractivity contribution is 8.18. The molecular weight excluding hydrogens is 346 g/mol.